The molecule has 0 bridgehead atoms. The molecular weight excluding hydrogens is 244 g/mol. The molecule has 1 heterocycles. The number of nitrogens with zero attached hydrogens (tertiary/aromatic N) is 1. The second-order valence-corrected chi connectivity index (χ2v) is 4.34. The van der Waals surface area contributed by atoms with Crippen LogP contribution in [0.5, 0.6) is 5.75 Å². The van der Waals surface area contributed by atoms with Crippen LogP contribution in [0.4, 0.5) is 0 Å². The summed E-state index contributed by atoms with van der Waals surface area (Å²) in [6, 6.07) is 7.76. The summed E-state index contributed by atoms with van der Waals surface area (Å²) < 4.78 is 10.5. The molecule has 0 saturated carbocycles. The van der Waals surface area contributed by atoms with Gasteiger partial charge in [0.2, 0.25) is 5.91 Å². The maximum atomic E-state index is 11.9. The number of methoxy groups -OCH3 is 1. The highest BCUT2D eigenvalue weighted by atomic mass is 16.5. The summed E-state index contributed by atoms with van der Waals surface area (Å²) in [6.45, 7) is 4.14. The number of hydrogen-bond acceptors (Lipinski definition) is 4. The van der Waals surface area contributed by atoms with Gasteiger partial charge in [-0.25, -0.2) is 0 Å². The average molecular weight is 264 g/mol. The molecule has 1 unspecified atom stereocenters. The van der Waals surface area contributed by atoms with Gasteiger partial charge >= 0.3 is 0 Å². The van der Waals surface area contributed by atoms with E-state index in [4.69, 9.17) is 9.47 Å². The molecule has 1 aliphatic rings. The Kier molecular flexibility index (Phi) is 4.76. The van der Waals surface area contributed by atoms with Crippen LogP contribution < -0.4 is 10.1 Å². The Balaban J connectivity index is 2.10. The van der Waals surface area contributed by atoms with Gasteiger partial charge in [-0.2, -0.15) is 0 Å². The first-order valence-electron chi connectivity index (χ1n) is 6.50. The molecule has 5 nitrogen and oxygen atoms in total. The molecule has 1 aromatic rings. The molecule has 0 spiro atoms. The Labute approximate surface area is 113 Å². The van der Waals surface area contributed by atoms with Crippen LogP contribution in [0.3, 0.4) is 0 Å². The third-order valence-electron chi connectivity index (χ3n) is 3.17. The molecule has 1 saturated heterocycles. The number of rotatable bonds is 6. The minimum absolute atomic E-state index is 0.0944. The van der Waals surface area contributed by atoms with Crippen molar-refractivity contribution in [2.75, 3.05) is 33.4 Å². The van der Waals surface area contributed by atoms with Gasteiger partial charge in [0.05, 0.1) is 20.3 Å². The van der Waals surface area contributed by atoms with E-state index in [1.165, 1.54) is 0 Å². The fourth-order valence-corrected chi connectivity index (χ4v) is 2.21. The number of benzene rings is 1. The van der Waals surface area contributed by atoms with Crippen molar-refractivity contribution >= 4 is 5.91 Å². The predicted molar refractivity (Wildman–Crippen MR) is 71.9 cm³/mol. The number of ether oxygens (including phenoxy) is 2. The summed E-state index contributed by atoms with van der Waals surface area (Å²) in [4.78, 5) is 13.7. The van der Waals surface area contributed by atoms with E-state index < -0.39 is 0 Å². The SMILES string of the molecule is CCOCCN1C(=O)CNC1c1cccc(OC)c1. The Morgan fingerprint density at radius 2 is 2.32 bits per heavy atom. The summed E-state index contributed by atoms with van der Waals surface area (Å²) in [5, 5.41) is 3.22. The number of nitrogens with one attached hydrogen (secondary N) is 1. The van der Waals surface area contributed by atoms with Gasteiger partial charge in [-0.1, -0.05) is 12.1 Å². The van der Waals surface area contributed by atoms with Gasteiger partial charge in [0.15, 0.2) is 0 Å². The van der Waals surface area contributed by atoms with Crippen molar-refractivity contribution in [2.45, 2.75) is 13.1 Å². The molecule has 1 atom stereocenters. The molecule has 1 aliphatic heterocycles. The van der Waals surface area contributed by atoms with Crippen molar-refractivity contribution in [3.8, 4) is 5.75 Å². The van der Waals surface area contributed by atoms with E-state index in [0.29, 0.717) is 26.3 Å². The van der Waals surface area contributed by atoms with Crippen LogP contribution in [0.15, 0.2) is 24.3 Å². The van der Waals surface area contributed by atoms with Crippen molar-refractivity contribution in [3.63, 3.8) is 0 Å². The van der Waals surface area contributed by atoms with Crippen LogP contribution in [-0.4, -0.2) is 44.2 Å². The van der Waals surface area contributed by atoms with Crippen LogP contribution in [-0.2, 0) is 9.53 Å². The quantitative estimate of drug-likeness (QED) is 0.783. The third-order valence-corrected chi connectivity index (χ3v) is 3.17. The van der Waals surface area contributed by atoms with Crippen molar-refractivity contribution in [1.82, 2.24) is 10.2 Å². The van der Waals surface area contributed by atoms with Gasteiger partial charge in [0, 0.05) is 13.2 Å². The molecule has 0 aliphatic carbocycles. The first kappa shape index (κ1) is 13.8. The van der Waals surface area contributed by atoms with E-state index in [9.17, 15) is 4.79 Å². The zero-order chi connectivity index (χ0) is 13.7. The molecule has 2 rings (SSSR count). The Hall–Kier alpha value is -1.59. The van der Waals surface area contributed by atoms with Crippen molar-refractivity contribution in [1.29, 1.82) is 0 Å². The fourth-order valence-electron chi connectivity index (χ4n) is 2.21. The number of carbonyl (C=O) groups excluding carboxylic acids is 1. The second kappa shape index (κ2) is 6.54. The standard InChI is InChI=1S/C14H20N2O3/c1-3-19-8-7-16-13(17)10-15-14(16)11-5-4-6-12(9-11)18-2/h4-6,9,14-15H,3,7-8,10H2,1-2H3. The normalized spacial score (nSPS) is 18.9. The smallest absolute Gasteiger partial charge is 0.238 e. The van der Waals surface area contributed by atoms with Crippen molar-refractivity contribution in [2.24, 2.45) is 0 Å². The molecule has 0 aromatic heterocycles. The number of amides is 1. The van der Waals surface area contributed by atoms with Gasteiger partial charge in [-0.15, -0.1) is 0 Å². The Morgan fingerprint density at radius 1 is 1.47 bits per heavy atom. The van der Waals surface area contributed by atoms with Crippen molar-refractivity contribution in [3.05, 3.63) is 29.8 Å². The lowest BCUT2D eigenvalue weighted by Crippen LogP contribution is -2.33. The van der Waals surface area contributed by atoms with Crippen LogP contribution in [0.25, 0.3) is 0 Å². The summed E-state index contributed by atoms with van der Waals surface area (Å²) >= 11 is 0. The van der Waals surface area contributed by atoms with E-state index in [1.54, 1.807) is 7.11 Å². The van der Waals surface area contributed by atoms with E-state index in [0.717, 1.165) is 11.3 Å². The van der Waals surface area contributed by atoms with Gasteiger partial charge < -0.3 is 14.4 Å². The maximum absolute atomic E-state index is 11.9. The maximum Gasteiger partial charge on any atom is 0.238 e. The second-order valence-electron chi connectivity index (χ2n) is 4.34. The molecule has 1 N–H and O–H groups in total. The number of carbonyl (C=O) groups is 1. The summed E-state index contributed by atoms with van der Waals surface area (Å²) in [7, 11) is 1.64. The minimum atomic E-state index is -0.0944. The lowest BCUT2D eigenvalue weighted by molar-refractivity contribution is -0.128. The first-order chi connectivity index (χ1) is 9.26. The zero-order valence-electron chi connectivity index (χ0n) is 11.4. The van der Waals surface area contributed by atoms with Crippen LogP contribution in [0.2, 0.25) is 0 Å². The van der Waals surface area contributed by atoms with Crippen LogP contribution in [0.1, 0.15) is 18.7 Å². The molecular formula is C14H20N2O3. The number of hydrogen-bond donors (Lipinski definition) is 1. The lowest BCUT2D eigenvalue weighted by atomic mass is 10.1. The highest BCUT2D eigenvalue weighted by Crippen LogP contribution is 2.25. The third kappa shape index (κ3) is 3.24. The van der Waals surface area contributed by atoms with E-state index in [2.05, 4.69) is 5.32 Å². The zero-order valence-corrected chi connectivity index (χ0v) is 11.4. The molecule has 104 valence electrons. The monoisotopic (exact) mass is 264 g/mol. The predicted octanol–water partition coefficient (Wildman–Crippen LogP) is 1.16. The highest BCUT2D eigenvalue weighted by molar-refractivity contribution is 5.81. The van der Waals surface area contributed by atoms with E-state index >= 15 is 0 Å². The van der Waals surface area contributed by atoms with Gasteiger partial charge in [0.1, 0.15) is 11.9 Å². The van der Waals surface area contributed by atoms with E-state index in [1.807, 2.05) is 36.1 Å². The Bertz CT molecular complexity index is 436. The molecule has 19 heavy (non-hydrogen) atoms. The Morgan fingerprint density at radius 3 is 3.05 bits per heavy atom. The topological polar surface area (TPSA) is 50.8 Å². The first-order valence-corrected chi connectivity index (χ1v) is 6.50. The summed E-state index contributed by atoms with van der Waals surface area (Å²) in [5.74, 6) is 0.899. The molecule has 0 radical (unpaired) electrons. The lowest BCUT2D eigenvalue weighted by Gasteiger charge is -2.24. The summed E-state index contributed by atoms with van der Waals surface area (Å²) in [6.07, 6.45) is -0.0944. The molecule has 5 heteroatoms. The average Bonchev–Trinajstić information content (AvgIpc) is 2.81. The molecule has 1 fully saturated rings. The highest BCUT2D eigenvalue weighted by Gasteiger charge is 2.31. The summed E-state index contributed by atoms with van der Waals surface area (Å²) in [5.41, 5.74) is 1.03. The molecule has 1 amide bonds. The fraction of sp³-hybridized carbons (Fsp3) is 0.500. The largest absolute Gasteiger partial charge is 0.497 e. The van der Waals surface area contributed by atoms with Gasteiger partial charge in [-0.3, -0.25) is 10.1 Å². The van der Waals surface area contributed by atoms with Crippen LogP contribution in [0, 0.1) is 0 Å². The van der Waals surface area contributed by atoms with Crippen LogP contribution >= 0.6 is 0 Å². The molecule has 1 aromatic carbocycles. The van der Waals surface area contributed by atoms with Crippen molar-refractivity contribution < 1.29 is 14.3 Å². The minimum Gasteiger partial charge on any atom is -0.497 e. The van der Waals surface area contributed by atoms with Gasteiger partial charge in [-0.05, 0) is 24.6 Å². The van der Waals surface area contributed by atoms with E-state index in [-0.39, 0.29) is 12.1 Å². The van der Waals surface area contributed by atoms with Gasteiger partial charge in [0.25, 0.3) is 0 Å².